The molecule has 1 N–H and O–H groups in total. The van der Waals surface area contributed by atoms with Gasteiger partial charge in [-0.2, -0.15) is 0 Å². The van der Waals surface area contributed by atoms with Crippen LogP contribution in [0.1, 0.15) is 87.8 Å². The minimum Gasteiger partial charge on any atom is -0.467 e. The summed E-state index contributed by atoms with van der Waals surface area (Å²) in [5, 5.41) is 3.67. The Labute approximate surface area is 232 Å². The molecule has 4 aliphatic rings. The number of allylic oxidation sites excluding steroid dienone is 1. The molecule has 212 valence electrons. The van der Waals surface area contributed by atoms with Crippen LogP contribution in [-0.2, 0) is 32.2 Å². The van der Waals surface area contributed by atoms with Gasteiger partial charge in [-0.3, -0.25) is 9.69 Å². The van der Waals surface area contributed by atoms with Crippen molar-refractivity contribution in [3.63, 3.8) is 0 Å². The van der Waals surface area contributed by atoms with Crippen molar-refractivity contribution in [2.75, 3.05) is 13.7 Å². The Morgan fingerprint density at radius 1 is 1.05 bits per heavy atom. The molecule has 4 atom stereocenters. The van der Waals surface area contributed by atoms with E-state index in [0.29, 0.717) is 13.1 Å². The molecular formula is C31H43N3O5. The van der Waals surface area contributed by atoms with E-state index < -0.39 is 24.2 Å². The summed E-state index contributed by atoms with van der Waals surface area (Å²) in [4.78, 5) is 43.5. The molecule has 3 heterocycles. The maximum Gasteiger partial charge on any atom is 0.410 e. The fraction of sp³-hybridized carbons (Fsp3) is 0.645. The number of hydrogen-bond donors (Lipinski definition) is 1. The van der Waals surface area contributed by atoms with Gasteiger partial charge in [0.05, 0.1) is 26.2 Å². The number of esters is 1. The second kappa shape index (κ2) is 12.5. The van der Waals surface area contributed by atoms with E-state index in [-0.39, 0.29) is 36.9 Å². The highest BCUT2D eigenvalue weighted by atomic mass is 16.6. The summed E-state index contributed by atoms with van der Waals surface area (Å²) in [6.07, 6.45) is 13.3. The number of hydrogen-bond acceptors (Lipinski definition) is 6. The van der Waals surface area contributed by atoms with E-state index in [4.69, 9.17) is 9.47 Å². The van der Waals surface area contributed by atoms with E-state index in [1.807, 2.05) is 6.07 Å². The molecule has 2 fully saturated rings. The summed E-state index contributed by atoms with van der Waals surface area (Å²) in [6.45, 7) is 3.36. The van der Waals surface area contributed by atoms with Gasteiger partial charge in [0.1, 0.15) is 12.1 Å². The van der Waals surface area contributed by atoms with Crippen LogP contribution in [-0.4, -0.2) is 65.7 Å². The Balaban J connectivity index is 1.41. The van der Waals surface area contributed by atoms with Crippen LogP contribution in [0.5, 0.6) is 0 Å². The monoisotopic (exact) mass is 537 g/mol. The van der Waals surface area contributed by atoms with Gasteiger partial charge in [-0.05, 0) is 61.6 Å². The van der Waals surface area contributed by atoms with Gasteiger partial charge in [0.25, 0.3) is 0 Å². The van der Waals surface area contributed by atoms with Gasteiger partial charge in [0.15, 0.2) is 0 Å². The molecule has 1 aromatic rings. The van der Waals surface area contributed by atoms with E-state index in [0.717, 1.165) is 68.1 Å². The van der Waals surface area contributed by atoms with Crippen LogP contribution in [0.2, 0.25) is 0 Å². The molecule has 0 unspecified atom stereocenters. The van der Waals surface area contributed by atoms with E-state index in [1.165, 1.54) is 13.5 Å². The number of ether oxygens (including phenoxy) is 2. The molecule has 1 saturated carbocycles. The molecule has 0 radical (unpaired) electrons. The summed E-state index contributed by atoms with van der Waals surface area (Å²) < 4.78 is 11.0. The fourth-order valence-electron chi connectivity index (χ4n) is 6.80. The molecule has 8 heteroatoms. The number of carbonyl (C=O) groups is 3. The normalized spacial score (nSPS) is 29.8. The van der Waals surface area contributed by atoms with Gasteiger partial charge in [-0.1, -0.05) is 56.0 Å². The highest BCUT2D eigenvalue weighted by Gasteiger charge is 2.46. The van der Waals surface area contributed by atoms with Gasteiger partial charge in [0, 0.05) is 19.0 Å². The number of rotatable bonds is 2. The number of nitrogens with zero attached hydrogens (tertiary/aromatic N) is 2. The lowest BCUT2D eigenvalue weighted by Gasteiger charge is -2.36. The lowest BCUT2D eigenvalue weighted by atomic mass is 9.82. The number of amides is 2. The summed E-state index contributed by atoms with van der Waals surface area (Å²) >= 11 is 0. The van der Waals surface area contributed by atoms with Crippen LogP contribution in [0.25, 0.3) is 6.08 Å². The number of nitrogens with one attached hydrogen (secondary N) is 1. The molecule has 3 aliphatic heterocycles. The van der Waals surface area contributed by atoms with Gasteiger partial charge < -0.3 is 19.7 Å². The van der Waals surface area contributed by atoms with E-state index >= 15 is 0 Å². The van der Waals surface area contributed by atoms with Gasteiger partial charge >= 0.3 is 12.1 Å². The number of benzene rings is 1. The summed E-state index contributed by atoms with van der Waals surface area (Å²) in [7, 11) is 1.35. The maximum atomic E-state index is 14.1. The third-order valence-electron chi connectivity index (χ3n) is 8.97. The lowest BCUT2D eigenvalue weighted by molar-refractivity contribution is -0.152. The van der Waals surface area contributed by atoms with E-state index in [1.54, 1.807) is 9.80 Å². The van der Waals surface area contributed by atoms with Crippen LogP contribution >= 0.6 is 0 Å². The third-order valence-corrected chi connectivity index (χ3v) is 8.97. The van der Waals surface area contributed by atoms with Crippen LogP contribution in [0.3, 0.4) is 0 Å². The first kappa shape index (κ1) is 27.7. The molecule has 2 amide bonds. The van der Waals surface area contributed by atoms with Gasteiger partial charge in [-0.15, -0.1) is 0 Å². The molecule has 5 rings (SSSR count). The van der Waals surface area contributed by atoms with Crippen molar-refractivity contribution in [3.8, 4) is 0 Å². The first-order valence-corrected chi connectivity index (χ1v) is 14.8. The predicted octanol–water partition coefficient (Wildman–Crippen LogP) is 4.80. The smallest absolute Gasteiger partial charge is 0.410 e. The van der Waals surface area contributed by atoms with Crippen molar-refractivity contribution in [2.24, 2.45) is 5.92 Å². The van der Waals surface area contributed by atoms with Crippen molar-refractivity contribution in [3.05, 3.63) is 41.0 Å². The largest absolute Gasteiger partial charge is 0.467 e. The minimum absolute atomic E-state index is 0.0678. The lowest BCUT2D eigenvalue weighted by Crippen LogP contribution is -2.55. The van der Waals surface area contributed by atoms with Crippen LogP contribution in [0, 0.1) is 5.92 Å². The van der Waals surface area contributed by atoms with Crippen molar-refractivity contribution in [2.45, 2.75) is 108 Å². The van der Waals surface area contributed by atoms with E-state index in [9.17, 15) is 14.4 Å². The SMILES string of the molecule is COC(=O)[C@@H]1C[C@@H]2CN1C(=O)[C@H](C1CCCCC1)N[C@@H](C)CCCC/C=C/c1cccc3c1CN(C3)C(=O)O2. The topological polar surface area (TPSA) is 88.2 Å². The number of fused-ring (bicyclic) bond motifs is 3. The molecule has 1 saturated heterocycles. The van der Waals surface area contributed by atoms with Crippen molar-refractivity contribution < 1.29 is 23.9 Å². The van der Waals surface area contributed by atoms with Crippen molar-refractivity contribution in [1.82, 2.24) is 15.1 Å². The van der Waals surface area contributed by atoms with Crippen LogP contribution in [0.4, 0.5) is 4.79 Å². The second-order valence-corrected chi connectivity index (χ2v) is 11.7. The number of methoxy groups -OCH3 is 1. The summed E-state index contributed by atoms with van der Waals surface area (Å²) in [5.41, 5.74) is 3.44. The van der Waals surface area contributed by atoms with Crippen LogP contribution < -0.4 is 5.32 Å². The fourth-order valence-corrected chi connectivity index (χ4v) is 6.80. The highest BCUT2D eigenvalue weighted by molar-refractivity contribution is 5.88. The molecular weight excluding hydrogens is 494 g/mol. The average molecular weight is 538 g/mol. The Kier molecular flexibility index (Phi) is 8.90. The zero-order chi connectivity index (χ0) is 27.4. The van der Waals surface area contributed by atoms with Crippen molar-refractivity contribution >= 4 is 24.0 Å². The standard InChI is InChI=1S/C31H43N3O5/c1-21-11-6-3-4-7-12-22-15-10-16-24-18-33(20-26(22)24)31(37)39-25-17-27(30(36)38-2)34(19-25)29(35)28(32-21)23-13-8-5-9-14-23/h7,10,12,15-16,21,23,25,27-28,32H,3-6,8-9,11,13-14,17-20H2,1-2H3/b12-7+/t21-,25+,27-,28-/m0/s1. The highest BCUT2D eigenvalue weighted by Crippen LogP contribution is 2.32. The quantitative estimate of drug-likeness (QED) is 0.546. The molecule has 1 aromatic carbocycles. The van der Waals surface area contributed by atoms with Crippen molar-refractivity contribution in [1.29, 1.82) is 0 Å². The van der Waals surface area contributed by atoms with E-state index in [2.05, 4.69) is 36.5 Å². The van der Waals surface area contributed by atoms with Crippen LogP contribution in [0.15, 0.2) is 24.3 Å². The zero-order valence-electron chi connectivity index (χ0n) is 23.4. The first-order valence-electron chi connectivity index (χ1n) is 14.8. The first-order chi connectivity index (χ1) is 18.9. The number of carbonyl (C=O) groups excluding carboxylic acids is 3. The zero-order valence-corrected chi connectivity index (χ0v) is 23.4. The molecule has 4 bridgehead atoms. The Morgan fingerprint density at radius 3 is 2.64 bits per heavy atom. The molecule has 8 nitrogen and oxygen atoms in total. The average Bonchev–Trinajstić information content (AvgIpc) is 3.58. The molecule has 1 aliphatic carbocycles. The second-order valence-electron chi connectivity index (χ2n) is 11.7. The molecule has 0 spiro atoms. The molecule has 39 heavy (non-hydrogen) atoms. The maximum absolute atomic E-state index is 14.1. The van der Waals surface area contributed by atoms with Gasteiger partial charge in [-0.25, -0.2) is 9.59 Å². The third kappa shape index (κ3) is 6.32. The Hall–Kier alpha value is -2.87. The Bertz CT molecular complexity index is 1080. The Morgan fingerprint density at radius 2 is 1.85 bits per heavy atom. The molecule has 0 aromatic heterocycles. The van der Waals surface area contributed by atoms with Gasteiger partial charge in [0.2, 0.25) is 5.91 Å². The summed E-state index contributed by atoms with van der Waals surface area (Å²) in [6, 6.07) is 5.29. The summed E-state index contributed by atoms with van der Waals surface area (Å²) in [5.74, 6) is -0.284. The minimum atomic E-state index is -0.749. The predicted molar refractivity (Wildman–Crippen MR) is 149 cm³/mol.